The van der Waals surface area contributed by atoms with Crippen molar-refractivity contribution in [3.05, 3.63) is 119 Å². The van der Waals surface area contributed by atoms with Crippen LogP contribution in [0.3, 0.4) is 0 Å². The van der Waals surface area contributed by atoms with Crippen LogP contribution in [0, 0.1) is 0 Å². The van der Waals surface area contributed by atoms with E-state index < -0.39 is 11.5 Å². The number of hydrogen-bond donors (Lipinski definition) is 3. The minimum Gasteiger partial charge on any atom is -0.355 e. The Hall–Kier alpha value is -5.31. The van der Waals surface area contributed by atoms with E-state index in [1.165, 1.54) is 17.1 Å². The summed E-state index contributed by atoms with van der Waals surface area (Å²) < 4.78 is 1.45. The van der Waals surface area contributed by atoms with Gasteiger partial charge < -0.3 is 16.0 Å². The lowest BCUT2D eigenvalue weighted by molar-refractivity contribution is 0.0922. The van der Waals surface area contributed by atoms with Gasteiger partial charge in [0.2, 0.25) is 0 Å². The monoisotopic (exact) mass is 558 g/mol. The fourth-order valence-electron chi connectivity index (χ4n) is 5.24. The van der Waals surface area contributed by atoms with E-state index in [1.54, 1.807) is 42.9 Å². The van der Waals surface area contributed by atoms with Crippen molar-refractivity contribution in [2.45, 2.75) is 38.1 Å². The first kappa shape index (κ1) is 26.9. The molecular weight excluding hydrogens is 528 g/mol. The molecule has 5 aromatic rings. The highest BCUT2D eigenvalue weighted by Gasteiger charge is 2.18. The third-order valence-electron chi connectivity index (χ3n) is 7.45. The van der Waals surface area contributed by atoms with E-state index in [0.29, 0.717) is 22.6 Å². The second kappa shape index (κ2) is 12.1. The summed E-state index contributed by atoms with van der Waals surface area (Å²) in [4.78, 5) is 47.6. The summed E-state index contributed by atoms with van der Waals surface area (Å²) in [6.45, 7) is 0. The van der Waals surface area contributed by atoms with Crippen molar-refractivity contribution in [2.75, 3.05) is 10.6 Å². The molecule has 0 radical (unpaired) electrons. The highest BCUT2D eigenvalue weighted by molar-refractivity contribution is 6.04. The van der Waals surface area contributed by atoms with Gasteiger partial charge in [0.25, 0.3) is 17.4 Å². The number of amides is 2. The first-order valence-corrected chi connectivity index (χ1v) is 14.1. The number of aromatic nitrogens is 3. The Morgan fingerprint density at radius 2 is 1.57 bits per heavy atom. The summed E-state index contributed by atoms with van der Waals surface area (Å²) in [6.07, 6.45) is 10.4. The SMILES string of the molecule is O=C(NC1CCCCC1)c1cc2c(Nc3ccc(NC(=O)c4cccn(-c5ccccc5)c4=O)cc3)ccnc2cn1. The minimum absolute atomic E-state index is 0.0451. The Morgan fingerprint density at radius 3 is 2.36 bits per heavy atom. The van der Waals surface area contributed by atoms with Crippen molar-refractivity contribution in [1.29, 1.82) is 0 Å². The van der Waals surface area contributed by atoms with Gasteiger partial charge in [-0.05, 0) is 73.5 Å². The van der Waals surface area contributed by atoms with Crippen molar-refractivity contribution in [2.24, 2.45) is 0 Å². The minimum atomic E-state index is -0.488. The molecule has 0 atom stereocenters. The number of hydrogen-bond acceptors (Lipinski definition) is 6. The average Bonchev–Trinajstić information content (AvgIpc) is 3.03. The van der Waals surface area contributed by atoms with Gasteiger partial charge in [-0.25, -0.2) is 4.98 Å². The summed E-state index contributed by atoms with van der Waals surface area (Å²) in [6, 6.07) is 23.3. The van der Waals surface area contributed by atoms with Crippen molar-refractivity contribution < 1.29 is 9.59 Å². The highest BCUT2D eigenvalue weighted by atomic mass is 16.2. The number of carbonyl (C=O) groups excluding carboxylic acids is 2. The van der Waals surface area contributed by atoms with Gasteiger partial charge in [-0.3, -0.25) is 23.9 Å². The zero-order chi connectivity index (χ0) is 28.9. The average molecular weight is 559 g/mol. The van der Waals surface area contributed by atoms with Crippen molar-refractivity contribution in [3.8, 4) is 5.69 Å². The predicted octanol–water partition coefficient (Wildman–Crippen LogP) is 5.84. The Bertz CT molecular complexity index is 1800. The van der Waals surface area contributed by atoms with E-state index >= 15 is 0 Å². The van der Waals surface area contributed by atoms with Crippen LogP contribution in [0.25, 0.3) is 16.6 Å². The Kier molecular flexibility index (Phi) is 7.72. The molecule has 42 heavy (non-hydrogen) atoms. The van der Waals surface area contributed by atoms with E-state index in [0.717, 1.165) is 42.4 Å². The maximum atomic E-state index is 13.0. The number of nitrogens with zero attached hydrogens (tertiary/aromatic N) is 3. The zero-order valence-electron chi connectivity index (χ0n) is 22.9. The molecular formula is C33H30N6O3. The van der Waals surface area contributed by atoms with Gasteiger partial charge in [-0.1, -0.05) is 37.5 Å². The highest BCUT2D eigenvalue weighted by Crippen LogP contribution is 2.26. The summed E-state index contributed by atoms with van der Waals surface area (Å²) in [5.74, 6) is -0.662. The molecule has 1 saturated carbocycles. The van der Waals surface area contributed by atoms with Crippen LogP contribution in [0.5, 0.6) is 0 Å². The number of carbonyl (C=O) groups is 2. The second-order valence-electron chi connectivity index (χ2n) is 10.3. The fourth-order valence-corrected chi connectivity index (χ4v) is 5.24. The molecule has 2 amide bonds. The molecule has 3 aromatic heterocycles. The molecule has 9 nitrogen and oxygen atoms in total. The fraction of sp³-hybridized carbons (Fsp3) is 0.182. The van der Waals surface area contributed by atoms with Crippen LogP contribution in [0.2, 0.25) is 0 Å². The maximum absolute atomic E-state index is 13.0. The summed E-state index contributed by atoms with van der Waals surface area (Å²) in [7, 11) is 0. The van der Waals surface area contributed by atoms with E-state index in [-0.39, 0.29) is 17.5 Å². The third-order valence-corrected chi connectivity index (χ3v) is 7.45. The van der Waals surface area contributed by atoms with Gasteiger partial charge in [0.15, 0.2) is 0 Å². The van der Waals surface area contributed by atoms with Crippen LogP contribution in [-0.2, 0) is 0 Å². The van der Waals surface area contributed by atoms with Crippen LogP contribution in [0.1, 0.15) is 53.0 Å². The number of pyridine rings is 3. The molecule has 6 rings (SSSR count). The van der Waals surface area contributed by atoms with Gasteiger partial charge >= 0.3 is 0 Å². The quantitative estimate of drug-likeness (QED) is 0.231. The smallest absolute Gasteiger partial charge is 0.270 e. The van der Waals surface area contributed by atoms with Gasteiger partial charge in [-0.15, -0.1) is 0 Å². The normalized spacial score (nSPS) is 13.4. The molecule has 3 N–H and O–H groups in total. The molecule has 2 aromatic carbocycles. The van der Waals surface area contributed by atoms with Gasteiger partial charge in [0, 0.05) is 46.6 Å². The van der Waals surface area contributed by atoms with E-state index in [4.69, 9.17) is 0 Å². The maximum Gasteiger partial charge on any atom is 0.270 e. The molecule has 0 bridgehead atoms. The standard InChI is InChI=1S/C33H30N6O3/c40-31(26-12-7-19-39(33(26)42)25-10-5-2-6-11-25)37-24-15-13-23(14-16-24)36-28-17-18-34-30-21-35-29(20-27(28)30)32(41)38-22-8-3-1-4-9-22/h2,5-7,10-22H,1,3-4,8-9H2,(H,34,36)(H,37,40)(H,38,41). The molecule has 1 aliphatic rings. The van der Waals surface area contributed by atoms with Crippen LogP contribution in [-0.4, -0.2) is 32.4 Å². The van der Waals surface area contributed by atoms with Crippen LogP contribution in [0.4, 0.5) is 17.1 Å². The van der Waals surface area contributed by atoms with Crippen molar-refractivity contribution in [3.63, 3.8) is 0 Å². The van der Waals surface area contributed by atoms with E-state index in [9.17, 15) is 14.4 Å². The number of fused-ring (bicyclic) bond motifs is 1. The number of anilines is 3. The van der Waals surface area contributed by atoms with Crippen molar-refractivity contribution >= 4 is 39.8 Å². The molecule has 1 fully saturated rings. The van der Waals surface area contributed by atoms with Gasteiger partial charge in [0.05, 0.1) is 11.7 Å². The van der Waals surface area contributed by atoms with Crippen LogP contribution >= 0.6 is 0 Å². The Balaban J connectivity index is 1.16. The van der Waals surface area contributed by atoms with Crippen molar-refractivity contribution in [1.82, 2.24) is 19.9 Å². The number of para-hydroxylation sites is 1. The molecule has 210 valence electrons. The van der Waals surface area contributed by atoms with Crippen LogP contribution in [0.15, 0.2) is 102 Å². The van der Waals surface area contributed by atoms with E-state index in [2.05, 4.69) is 25.9 Å². The first-order valence-electron chi connectivity index (χ1n) is 14.1. The zero-order valence-corrected chi connectivity index (χ0v) is 22.9. The number of nitrogens with one attached hydrogen (secondary N) is 3. The molecule has 1 aliphatic carbocycles. The van der Waals surface area contributed by atoms with Gasteiger partial charge in [-0.2, -0.15) is 0 Å². The molecule has 0 saturated heterocycles. The predicted molar refractivity (Wildman–Crippen MR) is 164 cm³/mol. The lowest BCUT2D eigenvalue weighted by Crippen LogP contribution is -2.36. The molecule has 9 heteroatoms. The largest absolute Gasteiger partial charge is 0.355 e. The first-order chi connectivity index (χ1) is 20.5. The molecule has 0 spiro atoms. The molecule has 0 aliphatic heterocycles. The summed E-state index contributed by atoms with van der Waals surface area (Å²) in [5, 5.41) is 10.1. The topological polar surface area (TPSA) is 118 Å². The summed E-state index contributed by atoms with van der Waals surface area (Å²) >= 11 is 0. The van der Waals surface area contributed by atoms with E-state index in [1.807, 2.05) is 48.5 Å². The second-order valence-corrected chi connectivity index (χ2v) is 10.3. The Labute approximate surface area is 242 Å². The lowest BCUT2D eigenvalue weighted by Gasteiger charge is -2.22. The number of rotatable bonds is 7. The Morgan fingerprint density at radius 1 is 0.810 bits per heavy atom. The lowest BCUT2D eigenvalue weighted by atomic mass is 9.95. The summed E-state index contributed by atoms with van der Waals surface area (Å²) in [5.41, 5.74) is 3.45. The third kappa shape index (κ3) is 5.90. The number of benzene rings is 2. The molecule has 0 unspecified atom stereocenters. The van der Waals surface area contributed by atoms with Gasteiger partial charge in [0.1, 0.15) is 11.3 Å². The molecule has 3 heterocycles. The van der Waals surface area contributed by atoms with Crippen LogP contribution < -0.4 is 21.5 Å².